The summed E-state index contributed by atoms with van der Waals surface area (Å²) in [6.07, 6.45) is 1.61. The maximum Gasteiger partial charge on any atom is 0.353 e. The molecule has 3 aromatic rings. The van der Waals surface area contributed by atoms with Crippen LogP contribution in [0.2, 0.25) is 0 Å². The van der Waals surface area contributed by atoms with Gasteiger partial charge in [0.05, 0.1) is 16.8 Å². The van der Waals surface area contributed by atoms with E-state index in [1.807, 2.05) is 13.8 Å². The number of nitriles is 2. The van der Waals surface area contributed by atoms with Crippen LogP contribution in [-0.4, -0.2) is 20.6 Å². The molecule has 0 spiro atoms. The Morgan fingerprint density at radius 2 is 1.68 bits per heavy atom. The van der Waals surface area contributed by atoms with Crippen LogP contribution >= 0.6 is 0 Å². The van der Waals surface area contributed by atoms with E-state index in [-0.39, 0.29) is 5.69 Å². The minimum atomic E-state index is -1.09. The van der Waals surface area contributed by atoms with Gasteiger partial charge in [-0.3, -0.25) is 4.98 Å². The van der Waals surface area contributed by atoms with Gasteiger partial charge in [-0.15, -0.1) is 0 Å². The average molecular weight is 372 g/mol. The van der Waals surface area contributed by atoms with Crippen LogP contribution in [0.1, 0.15) is 41.2 Å². The molecule has 28 heavy (non-hydrogen) atoms. The summed E-state index contributed by atoms with van der Waals surface area (Å²) in [5.41, 5.74) is 3.79. The van der Waals surface area contributed by atoms with Crippen LogP contribution in [0.4, 0.5) is 0 Å². The summed E-state index contributed by atoms with van der Waals surface area (Å²) in [6, 6.07) is 14.6. The smallest absolute Gasteiger partial charge is 0.353 e. The summed E-state index contributed by atoms with van der Waals surface area (Å²) in [6.45, 7) is 5.72. The zero-order chi connectivity index (χ0) is 20.8. The fraction of sp³-hybridized carbons (Fsp3) is 0.182. The number of pyridine rings is 1. The molecule has 2 aromatic heterocycles. The zero-order valence-corrected chi connectivity index (χ0v) is 16.2. The van der Waals surface area contributed by atoms with Crippen molar-refractivity contribution < 1.29 is 9.90 Å². The van der Waals surface area contributed by atoms with Gasteiger partial charge in [-0.2, -0.15) is 10.5 Å². The summed E-state index contributed by atoms with van der Waals surface area (Å²) in [7, 11) is 1.63. The molecule has 0 fully saturated rings. The van der Waals surface area contributed by atoms with E-state index in [0.717, 1.165) is 5.56 Å². The molecule has 0 amide bonds. The molecular formula is C22H20N4O2. The molecule has 140 valence electrons. The monoisotopic (exact) mass is 372 g/mol. The van der Waals surface area contributed by atoms with Gasteiger partial charge in [-0.05, 0) is 24.6 Å². The van der Waals surface area contributed by atoms with Gasteiger partial charge in [0.15, 0.2) is 0 Å². The molecule has 1 aromatic carbocycles. The van der Waals surface area contributed by atoms with Crippen molar-refractivity contribution in [2.24, 2.45) is 7.05 Å². The first kappa shape index (κ1) is 20.4. The number of carbonyl (C=O) groups is 1. The van der Waals surface area contributed by atoms with E-state index in [9.17, 15) is 20.4 Å². The third kappa shape index (κ3) is 3.49. The van der Waals surface area contributed by atoms with Crippen LogP contribution in [0.5, 0.6) is 0 Å². The molecule has 1 N–H and O–H groups in total. The van der Waals surface area contributed by atoms with Crippen LogP contribution in [0, 0.1) is 29.6 Å². The highest BCUT2D eigenvalue weighted by Crippen LogP contribution is 2.33. The quantitative estimate of drug-likeness (QED) is 0.727. The Balaban J connectivity index is 0.00000136. The fourth-order valence-corrected chi connectivity index (χ4v) is 2.99. The third-order valence-corrected chi connectivity index (χ3v) is 4.38. The van der Waals surface area contributed by atoms with Crippen molar-refractivity contribution in [3.63, 3.8) is 0 Å². The maximum atomic E-state index is 11.7. The Hall–Kier alpha value is -3.90. The molecule has 0 atom stereocenters. The van der Waals surface area contributed by atoms with Gasteiger partial charge in [-0.25, -0.2) is 4.79 Å². The number of aromatic nitrogens is 2. The predicted molar refractivity (Wildman–Crippen MR) is 107 cm³/mol. The van der Waals surface area contributed by atoms with Crippen molar-refractivity contribution in [1.82, 2.24) is 9.55 Å². The maximum absolute atomic E-state index is 11.7. The van der Waals surface area contributed by atoms with Gasteiger partial charge in [0, 0.05) is 30.1 Å². The number of benzene rings is 1. The summed E-state index contributed by atoms with van der Waals surface area (Å²) in [4.78, 5) is 15.9. The van der Waals surface area contributed by atoms with Gasteiger partial charge < -0.3 is 9.67 Å². The van der Waals surface area contributed by atoms with Crippen LogP contribution in [0.15, 0.2) is 42.6 Å². The lowest BCUT2D eigenvalue weighted by Crippen LogP contribution is -2.06. The van der Waals surface area contributed by atoms with Crippen molar-refractivity contribution in [2.45, 2.75) is 20.8 Å². The van der Waals surface area contributed by atoms with Gasteiger partial charge in [0.2, 0.25) is 0 Å². The van der Waals surface area contributed by atoms with Gasteiger partial charge >= 0.3 is 5.97 Å². The second-order valence-corrected chi connectivity index (χ2v) is 5.75. The van der Waals surface area contributed by atoms with Crippen molar-refractivity contribution >= 4 is 5.97 Å². The van der Waals surface area contributed by atoms with Gasteiger partial charge in [-0.1, -0.05) is 38.1 Å². The molecule has 3 rings (SSSR count). The highest BCUT2D eigenvalue weighted by molar-refractivity contribution is 5.97. The first-order chi connectivity index (χ1) is 13.5. The Morgan fingerprint density at radius 1 is 1.07 bits per heavy atom. The average Bonchev–Trinajstić information content (AvgIpc) is 3.00. The molecule has 0 aliphatic carbocycles. The molecule has 2 heterocycles. The second kappa shape index (κ2) is 8.66. The topological polar surface area (TPSA) is 103 Å². The molecule has 0 bridgehead atoms. The SMILES string of the molecule is CC.Cc1c(C#N)c(-c2ccc(-c3ncccc3C#N)cc2)c(C(=O)O)n1C. The number of nitrogens with zero attached hydrogens (tertiary/aromatic N) is 4. The summed E-state index contributed by atoms with van der Waals surface area (Å²) in [5.74, 6) is -1.09. The van der Waals surface area contributed by atoms with E-state index in [0.29, 0.717) is 33.6 Å². The van der Waals surface area contributed by atoms with E-state index in [1.54, 1.807) is 56.6 Å². The van der Waals surface area contributed by atoms with E-state index in [1.165, 1.54) is 4.57 Å². The number of aromatic carboxylic acids is 1. The molecule has 0 radical (unpaired) electrons. The molecule has 0 saturated carbocycles. The normalized spacial score (nSPS) is 9.64. The highest BCUT2D eigenvalue weighted by atomic mass is 16.4. The standard InChI is InChI=1S/C20H14N4O2.C2H6/c1-12-16(11-22)17(19(20(25)26)24(12)2)13-5-7-14(8-6-13)18-15(10-21)4-3-9-23-18;1-2/h3-9H,1-2H3,(H,25,26);1-2H3. The predicted octanol–water partition coefficient (Wildman–Crippen LogP) is 4.53. The molecule has 0 saturated heterocycles. The largest absolute Gasteiger partial charge is 0.477 e. The Morgan fingerprint density at radius 3 is 2.21 bits per heavy atom. The zero-order valence-electron chi connectivity index (χ0n) is 16.2. The molecule has 0 aliphatic heterocycles. The van der Waals surface area contributed by atoms with Gasteiger partial charge in [0.25, 0.3) is 0 Å². The molecular weight excluding hydrogens is 352 g/mol. The number of hydrogen-bond donors (Lipinski definition) is 1. The highest BCUT2D eigenvalue weighted by Gasteiger charge is 2.24. The first-order valence-electron chi connectivity index (χ1n) is 8.78. The van der Waals surface area contributed by atoms with E-state index in [4.69, 9.17) is 0 Å². The number of carboxylic acids is 1. The Labute approximate surface area is 163 Å². The van der Waals surface area contributed by atoms with Crippen LogP contribution in [0.25, 0.3) is 22.4 Å². The van der Waals surface area contributed by atoms with Crippen LogP contribution in [-0.2, 0) is 7.05 Å². The molecule has 0 aliphatic rings. The summed E-state index contributed by atoms with van der Waals surface area (Å²) >= 11 is 0. The number of hydrogen-bond acceptors (Lipinski definition) is 4. The lowest BCUT2D eigenvalue weighted by molar-refractivity contribution is 0.0687. The Bertz CT molecular complexity index is 1100. The third-order valence-electron chi connectivity index (χ3n) is 4.38. The van der Waals surface area contributed by atoms with Crippen LogP contribution in [0.3, 0.4) is 0 Å². The minimum Gasteiger partial charge on any atom is -0.477 e. The Kier molecular flexibility index (Phi) is 6.31. The van der Waals surface area contributed by atoms with Crippen LogP contribution < -0.4 is 0 Å². The van der Waals surface area contributed by atoms with E-state index < -0.39 is 5.97 Å². The second-order valence-electron chi connectivity index (χ2n) is 5.75. The van der Waals surface area contributed by atoms with Crippen molar-refractivity contribution in [3.05, 3.63) is 65.1 Å². The molecule has 6 nitrogen and oxygen atoms in total. The van der Waals surface area contributed by atoms with E-state index in [2.05, 4.69) is 17.1 Å². The van der Waals surface area contributed by atoms with Crippen molar-refractivity contribution in [3.8, 4) is 34.5 Å². The molecule has 0 unspecified atom stereocenters. The lowest BCUT2D eigenvalue weighted by Gasteiger charge is -2.07. The molecule has 6 heteroatoms. The van der Waals surface area contributed by atoms with E-state index >= 15 is 0 Å². The van der Waals surface area contributed by atoms with Crippen molar-refractivity contribution in [2.75, 3.05) is 0 Å². The lowest BCUT2D eigenvalue weighted by atomic mass is 9.98. The summed E-state index contributed by atoms with van der Waals surface area (Å²) in [5, 5.41) is 28.3. The number of carboxylic acid groups (broad SMARTS) is 1. The number of rotatable bonds is 3. The fourth-order valence-electron chi connectivity index (χ4n) is 2.99. The first-order valence-corrected chi connectivity index (χ1v) is 8.78. The minimum absolute atomic E-state index is 0.0716. The summed E-state index contributed by atoms with van der Waals surface area (Å²) < 4.78 is 1.51. The van der Waals surface area contributed by atoms with Crippen molar-refractivity contribution in [1.29, 1.82) is 10.5 Å². The van der Waals surface area contributed by atoms with Gasteiger partial charge in [0.1, 0.15) is 17.8 Å².